The lowest BCUT2D eigenvalue weighted by Crippen LogP contribution is -2.17. The first kappa shape index (κ1) is 28.1. The number of allylic oxidation sites excluding steroid dienone is 1. The third-order valence-corrected chi connectivity index (χ3v) is 4.23. The number of hydrogen-bond donors (Lipinski definition) is 0. The lowest BCUT2D eigenvalue weighted by Gasteiger charge is -2.17. The van der Waals surface area contributed by atoms with Crippen molar-refractivity contribution >= 4 is 11.6 Å². The van der Waals surface area contributed by atoms with Crippen LogP contribution < -0.4 is 9.47 Å². The topological polar surface area (TPSA) is 52.6 Å². The Labute approximate surface area is 172 Å². The molecular weight excluding hydrogens is 352 g/mol. The van der Waals surface area contributed by atoms with Gasteiger partial charge < -0.3 is 9.47 Å². The summed E-state index contributed by atoms with van der Waals surface area (Å²) in [4.78, 5) is 24.7. The van der Waals surface area contributed by atoms with Crippen molar-refractivity contribution in [1.29, 1.82) is 0 Å². The largest absolute Gasteiger partial charge is 0.493 e. The van der Waals surface area contributed by atoms with Crippen molar-refractivity contribution in [3.8, 4) is 11.5 Å². The number of benzene rings is 1. The second-order valence-corrected chi connectivity index (χ2v) is 6.11. The Morgan fingerprint density at radius 2 is 1.61 bits per heavy atom. The molecule has 0 saturated carbocycles. The summed E-state index contributed by atoms with van der Waals surface area (Å²) in [5, 5.41) is 0. The molecule has 0 aromatic heterocycles. The standard InChI is InChI=1S/C20H28O4.2C2H6/c1-7-16-17(10-11-19(23-5)20(16)24-6)18(22)12-15(14(4)21)9-8-13(2)3;2*1-2/h10-11,15H,2,7-9,12H2,1,3-6H3;2*1-2H3. The Morgan fingerprint density at radius 1 is 1.04 bits per heavy atom. The van der Waals surface area contributed by atoms with E-state index in [1.165, 1.54) is 0 Å². The summed E-state index contributed by atoms with van der Waals surface area (Å²) in [5.74, 6) is 0.938. The number of carbonyl (C=O) groups is 2. The van der Waals surface area contributed by atoms with Gasteiger partial charge in [0.2, 0.25) is 0 Å². The van der Waals surface area contributed by atoms with Crippen LogP contribution in [0.4, 0.5) is 0 Å². The smallest absolute Gasteiger partial charge is 0.164 e. The van der Waals surface area contributed by atoms with Gasteiger partial charge >= 0.3 is 0 Å². The van der Waals surface area contributed by atoms with Crippen molar-refractivity contribution < 1.29 is 19.1 Å². The highest BCUT2D eigenvalue weighted by atomic mass is 16.5. The number of carbonyl (C=O) groups excluding carboxylic acids is 2. The van der Waals surface area contributed by atoms with Gasteiger partial charge in [0.15, 0.2) is 17.3 Å². The predicted molar refractivity (Wildman–Crippen MR) is 119 cm³/mol. The molecule has 0 saturated heterocycles. The monoisotopic (exact) mass is 392 g/mol. The predicted octanol–water partition coefficient (Wildman–Crippen LogP) is 6.45. The molecule has 0 aliphatic heterocycles. The number of ketones is 2. The zero-order chi connectivity index (χ0) is 22.3. The molecule has 1 atom stereocenters. The maximum absolute atomic E-state index is 12.8. The summed E-state index contributed by atoms with van der Waals surface area (Å²) in [6.07, 6.45) is 2.28. The van der Waals surface area contributed by atoms with E-state index in [0.717, 1.165) is 17.6 Å². The molecule has 0 amide bonds. The van der Waals surface area contributed by atoms with E-state index in [2.05, 4.69) is 6.58 Å². The summed E-state index contributed by atoms with van der Waals surface area (Å²) >= 11 is 0. The third kappa shape index (κ3) is 8.73. The Bertz CT molecular complexity index is 617. The Balaban J connectivity index is 0. The minimum Gasteiger partial charge on any atom is -0.493 e. The number of ether oxygens (including phenoxy) is 2. The zero-order valence-electron chi connectivity index (χ0n) is 19.4. The summed E-state index contributed by atoms with van der Waals surface area (Å²) in [6.45, 7) is 17.3. The van der Waals surface area contributed by atoms with E-state index in [1.54, 1.807) is 33.3 Å². The minimum absolute atomic E-state index is 0.0327. The number of Topliss-reactive ketones (excluding diaryl/α,β-unsaturated/α-hetero) is 2. The van der Waals surface area contributed by atoms with Crippen molar-refractivity contribution in [1.82, 2.24) is 0 Å². The van der Waals surface area contributed by atoms with Crippen molar-refractivity contribution in [2.75, 3.05) is 14.2 Å². The molecule has 1 rings (SSSR count). The summed E-state index contributed by atoms with van der Waals surface area (Å²) < 4.78 is 10.7. The van der Waals surface area contributed by atoms with E-state index in [9.17, 15) is 9.59 Å². The summed E-state index contributed by atoms with van der Waals surface area (Å²) in [7, 11) is 3.14. The van der Waals surface area contributed by atoms with E-state index >= 15 is 0 Å². The van der Waals surface area contributed by atoms with Gasteiger partial charge in [0.05, 0.1) is 14.2 Å². The molecule has 0 aliphatic rings. The molecule has 1 aromatic carbocycles. The molecule has 1 unspecified atom stereocenters. The fourth-order valence-electron chi connectivity index (χ4n) is 2.81. The summed E-state index contributed by atoms with van der Waals surface area (Å²) in [5.41, 5.74) is 2.45. The molecule has 0 aliphatic carbocycles. The zero-order valence-corrected chi connectivity index (χ0v) is 19.4. The molecule has 0 spiro atoms. The third-order valence-electron chi connectivity index (χ3n) is 4.23. The van der Waals surface area contributed by atoms with Gasteiger partial charge in [-0.25, -0.2) is 0 Å². The highest BCUT2D eigenvalue weighted by Crippen LogP contribution is 2.35. The lowest BCUT2D eigenvalue weighted by molar-refractivity contribution is -0.120. The minimum atomic E-state index is -0.271. The van der Waals surface area contributed by atoms with Crippen LogP contribution in [-0.2, 0) is 11.2 Å². The molecule has 0 bridgehead atoms. The average molecular weight is 393 g/mol. The maximum atomic E-state index is 12.8. The van der Waals surface area contributed by atoms with Crippen LogP contribution >= 0.6 is 0 Å². The molecule has 0 heterocycles. The van der Waals surface area contributed by atoms with E-state index in [4.69, 9.17) is 9.47 Å². The van der Waals surface area contributed by atoms with Gasteiger partial charge in [-0.1, -0.05) is 40.2 Å². The first-order chi connectivity index (χ1) is 13.3. The second-order valence-electron chi connectivity index (χ2n) is 6.11. The Hall–Kier alpha value is -2.10. The molecule has 0 fully saturated rings. The molecule has 0 radical (unpaired) electrons. The van der Waals surface area contributed by atoms with Gasteiger partial charge in [-0.05, 0) is 45.2 Å². The van der Waals surface area contributed by atoms with Gasteiger partial charge in [-0.2, -0.15) is 0 Å². The first-order valence-corrected chi connectivity index (χ1v) is 10.3. The van der Waals surface area contributed by atoms with Crippen LogP contribution in [0.15, 0.2) is 24.3 Å². The van der Waals surface area contributed by atoms with Crippen molar-refractivity contribution in [3.05, 3.63) is 35.4 Å². The van der Waals surface area contributed by atoms with Crippen molar-refractivity contribution in [2.24, 2.45) is 5.92 Å². The van der Waals surface area contributed by atoms with Gasteiger partial charge in [0, 0.05) is 23.5 Å². The van der Waals surface area contributed by atoms with Crippen LogP contribution in [0.1, 0.15) is 83.7 Å². The van der Waals surface area contributed by atoms with E-state index < -0.39 is 0 Å². The number of methoxy groups -OCH3 is 2. The first-order valence-electron chi connectivity index (χ1n) is 10.3. The van der Waals surface area contributed by atoms with Crippen LogP contribution in [0.5, 0.6) is 11.5 Å². The van der Waals surface area contributed by atoms with E-state index in [-0.39, 0.29) is 23.9 Å². The van der Waals surface area contributed by atoms with Crippen molar-refractivity contribution in [2.45, 2.75) is 74.1 Å². The lowest BCUT2D eigenvalue weighted by atomic mass is 9.88. The van der Waals surface area contributed by atoms with Crippen molar-refractivity contribution in [3.63, 3.8) is 0 Å². The van der Waals surface area contributed by atoms with Gasteiger partial charge in [-0.3, -0.25) is 9.59 Å². The van der Waals surface area contributed by atoms with Gasteiger partial charge in [0.25, 0.3) is 0 Å². The quantitative estimate of drug-likeness (QED) is 0.339. The van der Waals surface area contributed by atoms with Crippen LogP contribution in [0.25, 0.3) is 0 Å². The SMILES string of the molecule is C=C(C)CCC(CC(=O)c1ccc(OC)c(OC)c1CC)C(C)=O.CC.CC. The molecule has 160 valence electrons. The second kappa shape index (κ2) is 15.9. The van der Waals surface area contributed by atoms with E-state index in [1.807, 2.05) is 41.5 Å². The van der Waals surface area contributed by atoms with Gasteiger partial charge in [0.1, 0.15) is 5.78 Å². The molecule has 0 N–H and O–H groups in total. The Kier molecular flexibility index (Phi) is 16.0. The Morgan fingerprint density at radius 3 is 2.00 bits per heavy atom. The number of hydrogen-bond acceptors (Lipinski definition) is 4. The number of rotatable bonds is 10. The summed E-state index contributed by atoms with van der Waals surface area (Å²) in [6, 6.07) is 3.50. The maximum Gasteiger partial charge on any atom is 0.164 e. The van der Waals surface area contributed by atoms with Crippen LogP contribution in [0, 0.1) is 5.92 Å². The molecular formula is C24H40O4. The van der Waals surface area contributed by atoms with Crippen LogP contribution in [0.2, 0.25) is 0 Å². The molecule has 4 heteroatoms. The van der Waals surface area contributed by atoms with E-state index in [0.29, 0.717) is 29.9 Å². The van der Waals surface area contributed by atoms with Gasteiger partial charge in [-0.15, -0.1) is 6.58 Å². The average Bonchev–Trinajstić information content (AvgIpc) is 2.71. The molecule has 28 heavy (non-hydrogen) atoms. The fourth-order valence-corrected chi connectivity index (χ4v) is 2.81. The normalized spacial score (nSPS) is 10.5. The highest BCUT2D eigenvalue weighted by molar-refractivity contribution is 6.00. The molecule has 1 aromatic rings. The van der Waals surface area contributed by atoms with Crippen LogP contribution in [0.3, 0.4) is 0 Å². The highest BCUT2D eigenvalue weighted by Gasteiger charge is 2.23. The van der Waals surface area contributed by atoms with Crippen LogP contribution in [-0.4, -0.2) is 25.8 Å². The fraction of sp³-hybridized carbons (Fsp3) is 0.583. The molecule has 4 nitrogen and oxygen atoms in total.